The van der Waals surface area contributed by atoms with E-state index in [-0.39, 0.29) is 5.91 Å². The number of halogens is 2. The van der Waals surface area contributed by atoms with Crippen LogP contribution in [0, 0.1) is 0 Å². The molecule has 0 aliphatic heterocycles. The fourth-order valence-electron chi connectivity index (χ4n) is 1.03. The van der Waals surface area contributed by atoms with Crippen molar-refractivity contribution in [2.75, 3.05) is 6.67 Å². The Labute approximate surface area is 98.2 Å². The molecule has 0 saturated heterocycles. The van der Waals surface area contributed by atoms with E-state index in [0.717, 1.165) is 0 Å². The summed E-state index contributed by atoms with van der Waals surface area (Å²) >= 11 is 5.77. The Balaban J connectivity index is 2.46. The summed E-state index contributed by atoms with van der Waals surface area (Å²) in [6.07, 6.45) is 3.00. The number of carbonyl (C=O) groups is 1. The van der Waals surface area contributed by atoms with E-state index in [1.165, 1.54) is 6.20 Å². The van der Waals surface area contributed by atoms with E-state index in [1.807, 2.05) is 0 Å². The van der Waals surface area contributed by atoms with Gasteiger partial charge in [-0.3, -0.25) is 15.1 Å². The molecule has 0 fully saturated rings. The molecule has 0 saturated carbocycles. The lowest BCUT2D eigenvalue weighted by Crippen LogP contribution is -2.45. The van der Waals surface area contributed by atoms with Gasteiger partial charge in [-0.05, 0) is 19.1 Å². The molecule has 0 radical (unpaired) electrons. The summed E-state index contributed by atoms with van der Waals surface area (Å²) in [6, 6.07) is 2.86. The van der Waals surface area contributed by atoms with Crippen molar-refractivity contribution in [3.8, 4) is 0 Å². The second-order valence-corrected chi connectivity index (χ2v) is 3.74. The molecule has 0 unspecified atom stereocenters. The minimum Gasteiger partial charge on any atom is -0.324 e. The maximum Gasteiger partial charge on any atom is 0.254 e. The lowest BCUT2D eigenvalue weighted by atomic mass is 10.3. The molecule has 0 bridgehead atoms. The van der Waals surface area contributed by atoms with Crippen molar-refractivity contribution in [1.82, 2.24) is 15.6 Å². The third-order valence-electron chi connectivity index (χ3n) is 1.84. The summed E-state index contributed by atoms with van der Waals surface area (Å²) in [5, 5.41) is 5.14. The van der Waals surface area contributed by atoms with Crippen LogP contribution in [0.15, 0.2) is 24.5 Å². The number of nitrogens with one attached hydrogen (secondary N) is 2. The van der Waals surface area contributed by atoms with Crippen molar-refractivity contribution in [3.05, 3.63) is 30.1 Å². The van der Waals surface area contributed by atoms with E-state index in [0.29, 0.717) is 5.56 Å². The van der Waals surface area contributed by atoms with Gasteiger partial charge in [0.05, 0.1) is 5.56 Å². The van der Waals surface area contributed by atoms with Crippen LogP contribution in [0.25, 0.3) is 0 Å². The van der Waals surface area contributed by atoms with Crippen LogP contribution >= 0.6 is 11.6 Å². The SMILES string of the molecule is C[C@@H](CF)N[C@H](Cl)NC(=O)c1cccnc1. The van der Waals surface area contributed by atoms with Crippen molar-refractivity contribution in [1.29, 1.82) is 0 Å². The molecule has 2 atom stereocenters. The number of rotatable bonds is 5. The number of carbonyl (C=O) groups excluding carboxylic acids is 1. The minimum atomic E-state index is -0.807. The van der Waals surface area contributed by atoms with Crippen LogP contribution in [-0.4, -0.2) is 29.2 Å². The van der Waals surface area contributed by atoms with Gasteiger partial charge in [0.15, 0.2) is 5.62 Å². The van der Waals surface area contributed by atoms with Crippen LogP contribution in [0.2, 0.25) is 0 Å². The van der Waals surface area contributed by atoms with Gasteiger partial charge in [-0.15, -0.1) is 0 Å². The third-order valence-corrected chi connectivity index (χ3v) is 2.08. The van der Waals surface area contributed by atoms with E-state index in [9.17, 15) is 9.18 Å². The van der Waals surface area contributed by atoms with E-state index in [2.05, 4.69) is 15.6 Å². The molecule has 2 N–H and O–H groups in total. The number of nitrogens with zero attached hydrogens (tertiary/aromatic N) is 1. The highest BCUT2D eigenvalue weighted by atomic mass is 35.5. The Morgan fingerprint density at radius 3 is 3.00 bits per heavy atom. The lowest BCUT2D eigenvalue weighted by molar-refractivity contribution is 0.0941. The van der Waals surface area contributed by atoms with Gasteiger partial charge in [-0.25, -0.2) is 4.39 Å². The van der Waals surface area contributed by atoms with Gasteiger partial charge in [-0.1, -0.05) is 11.6 Å². The van der Waals surface area contributed by atoms with Gasteiger partial charge in [-0.2, -0.15) is 0 Å². The van der Waals surface area contributed by atoms with Crippen molar-refractivity contribution in [2.45, 2.75) is 18.6 Å². The summed E-state index contributed by atoms with van der Waals surface area (Å²) in [5.74, 6) is -0.355. The largest absolute Gasteiger partial charge is 0.324 e. The first-order chi connectivity index (χ1) is 7.63. The van der Waals surface area contributed by atoms with Gasteiger partial charge in [0.2, 0.25) is 0 Å². The van der Waals surface area contributed by atoms with Crippen LogP contribution < -0.4 is 10.6 Å². The maximum absolute atomic E-state index is 12.2. The first kappa shape index (κ1) is 12.9. The average molecular weight is 246 g/mol. The standard InChI is InChI=1S/C10H13ClFN3O/c1-7(5-12)14-10(11)15-9(16)8-3-2-4-13-6-8/h2-4,6-7,10,14H,5H2,1H3,(H,15,16)/t7-,10-/m0/s1. The van der Waals surface area contributed by atoms with Crippen molar-refractivity contribution < 1.29 is 9.18 Å². The van der Waals surface area contributed by atoms with Crippen LogP contribution in [0.1, 0.15) is 17.3 Å². The normalized spacial score (nSPS) is 14.2. The number of hydrogen-bond donors (Lipinski definition) is 2. The van der Waals surface area contributed by atoms with Crippen molar-refractivity contribution in [2.24, 2.45) is 0 Å². The second-order valence-electron chi connectivity index (χ2n) is 3.30. The van der Waals surface area contributed by atoms with Gasteiger partial charge >= 0.3 is 0 Å². The Morgan fingerprint density at radius 1 is 1.69 bits per heavy atom. The fraction of sp³-hybridized carbons (Fsp3) is 0.400. The van der Waals surface area contributed by atoms with Crippen LogP contribution in [0.3, 0.4) is 0 Å². The average Bonchev–Trinajstić information content (AvgIpc) is 2.29. The Hall–Kier alpha value is -1.20. The summed E-state index contributed by atoms with van der Waals surface area (Å²) in [5.41, 5.74) is -0.402. The highest BCUT2D eigenvalue weighted by Gasteiger charge is 2.12. The molecule has 0 spiro atoms. The third kappa shape index (κ3) is 4.12. The van der Waals surface area contributed by atoms with Crippen LogP contribution in [0.5, 0.6) is 0 Å². The number of hydrogen-bond acceptors (Lipinski definition) is 3. The molecule has 0 aliphatic carbocycles. The summed E-state index contributed by atoms with van der Waals surface area (Å²) < 4.78 is 12.2. The van der Waals surface area contributed by atoms with Crippen molar-refractivity contribution in [3.63, 3.8) is 0 Å². The topological polar surface area (TPSA) is 54.0 Å². The first-order valence-electron chi connectivity index (χ1n) is 4.80. The quantitative estimate of drug-likeness (QED) is 0.467. The highest BCUT2D eigenvalue weighted by molar-refractivity contribution is 6.21. The Kier molecular flexibility index (Phi) is 5.14. The Morgan fingerprint density at radius 2 is 2.44 bits per heavy atom. The summed E-state index contributed by atoms with van der Waals surface area (Å²) in [4.78, 5) is 15.4. The van der Waals surface area contributed by atoms with E-state index < -0.39 is 18.3 Å². The number of pyridine rings is 1. The molecule has 1 rings (SSSR count). The van der Waals surface area contributed by atoms with Gasteiger partial charge in [0.25, 0.3) is 5.91 Å². The maximum atomic E-state index is 12.2. The molecular formula is C10H13ClFN3O. The number of amides is 1. The predicted molar refractivity (Wildman–Crippen MR) is 59.9 cm³/mol. The zero-order valence-corrected chi connectivity index (χ0v) is 9.54. The molecule has 0 aromatic carbocycles. The zero-order chi connectivity index (χ0) is 12.0. The molecule has 4 nitrogen and oxygen atoms in total. The second kappa shape index (κ2) is 6.40. The van der Waals surface area contributed by atoms with E-state index >= 15 is 0 Å². The molecule has 1 heterocycles. The van der Waals surface area contributed by atoms with Crippen LogP contribution in [-0.2, 0) is 0 Å². The van der Waals surface area contributed by atoms with Gasteiger partial charge in [0, 0.05) is 18.4 Å². The molecule has 0 aliphatic rings. The molecule has 88 valence electrons. The molecular weight excluding hydrogens is 233 g/mol. The molecule has 1 amide bonds. The fourth-order valence-corrected chi connectivity index (χ4v) is 1.35. The summed E-state index contributed by atoms with van der Waals surface area (Å²) in [6.45, 7) is 1.08. The minimum absolute atomic E-state index is 0.355. The smallest absolute Gasteiger partial charge is 0.254 e. The lowest BCUT2D eigenvalue weighted by Gasteiger charge is -2.16. The van der Waals surface area contributed by atoms with Crippen LogP contribution in [0.4, 0.5) is 4.39 Å². The van der Waals surface area contributed by atoms with Gasteiger partial charge < -0.3 is 5.32 Å². The number of alkyl halides is 2. The monoisotopic (exact) mass is 245 g/mol. The number of aromatic nitrogens is 1. The molecule has 6 heteroatoms. The Bertz CT molecular complexity index is 336. The predicted octanol–water partition coefficient (Wildman–Crippen LogP) is 1.28. The molecule has 1 aromatic heterocycles. The van der Waals surface area contributed by atoms with E-state index in [1.54, 1.807) is 25.3 Å². The summed E-state index contributed by atoms with van der Waals surface area (Å²) in [7, 11) is 0. The first-order valence-corrected chi connectivity index (χ1v) is 5.24. The van der Waals surface area contributed by atoms with Gasteiger partial charge in [0.1, 0.15) is 6.67 Å². The van der Waals surface area contributed by atoms with E-state index in [4.69, 9.17) is 11.6 Å². The zero-order valence-electron chi connectivity index (χ0n) is 8.78. The highest BCUT2D eigenvalue weighted by Crippen LogP contribution is 1.98. The van der Waals surface area contributed by atoms with Crippen molar-refractivity contribution >= 4 is 17.5 Å². The molecule has 1 aromatic rings. The molecule has 16 heavy (non-hydrogen) atoms.